The maximum atomic E-state index is 12.1. The first-order chi connectivity index (χ1) is 12.7. The van der Waals surface area contributed by atoms with Crippen LogP contribution >= 0.6 is 0 Å². The molecule has 2 aromatic carbocycles. The van der Waals surface area contributed by atoms with Crippen LogP contribution in [0.2, 0.25) is 0 Å². The third-order valence-corrected chi connectivity index (χ3v) is 3.88. The van der Waals surface area contributed by atoms with Crippen LogP contribution in [0.3, 0.4) is 0 Å². The molecule has 6 nitrogen and oxygen atoms in total. The number of hydrogen-bond acceptors (Lipinski definition) is 4. The van der Waals surface area contributed by atoms with E-state index in [9.17, 15) is 9.59 Å². The minimum atomic E-state index is -0.300. The second-order valence-electron chi connectivity index (χ2n) is 5.73. The lowest BCUT2D eigenvalue weighted by Gasteiger charge is -2.09. The minimum absolute atomic E-state index is 0.0990. The van der Waals surface area contributed by atoms with Crippen LogP contribution < -0.4 is 15.4 Å². The van der Waals surface area contributed by atoms with Crippen LogP contribution in [-0.2, 0) is 16.0 Å². The number of rotatable bonds is 6. The van der Waals surface area contributed by atoms with E-state index in [2.05, 4.69) is 15.6 Å². The van der Waals surface area contributed by atoms with Gasteiger partial charge in [-0.2, -0.15) is 0 Å². The Morgan fingerprint density at radius 3 is 2.54 bits per heavy atom. The number of fused-ring (bicyclic) bond motifs is 1. The average molecular weight is 349 g/mol. The van der Waals surface area contributed by atoms with Gasteiger partial charge >= 0.3 is 0 Å². The third kappa shape index (κ3) is 4.36. The molecule has 26 heavy (non-hydrogen) atoms. The van der Waals surface area contributed by atoms with Crippen molar-refractivity contribution in [1.82, 2.24) is 10.3 Å². The van der Waals surface area contributed by atoms with Gasteiger partial charge in [0.2, 0.25) is 11.8 Å². The Balaban J connectivity index is 1.54. The van der Waals surface area contributed by atoms with E-state index in [4.69, 9.17) is 4.74 Å². The van der Waals surface area contributed by atoms with Gasteiger partial charge in [0.1, 0.15) is 5.75 Å². The number of nitrogens with zero attached hydrogens (tertiary/aromatic N) is 1. The summed E-state index contributed by atoms with van der Waals surface area (Å²) in [6.45, 7) is -0.0990. The zero-order chi connectivity index (χ0) is 18.4. The lowest BCUT2D eigenvalue weighted by atomic mass is 10.1. The molecule has 2 N–H and O–H groups in total. The predicted molar refractivity (Wildman–Crippen MR) is 100 cm³/mol. The summed E-state index contributed by atoms with van der Waals surface area (Å²) >= 11 is 0. The van der Waals surface area contributed by atoms with Crippen LogP contribution in [0.1, 0.15) is 5.56 Å². The smallest absolute Gasteiger partial charge is 0.243 e. The highest BCUT2D eigenvalue weighted by Gasteiger charge is 2.09. The van der Waals surface area contributed by atoms with Gasteiger partial charge in [-0.05, 0) is 29.8 Å². The Labute approximate surface area is 151 Å². The third-order valence-electron chi connectivity index (χ3n) is 3.88. The number of methoxy groups -OCH3 is 1. The number of pyridine rings is 1. The summed E-state index contributed by atoms with van der Waals surface area (Å²) in [6.07, 6.45) is 1.88. The summed E-state index contributed by atoms with van der Waals surface area (Å²) in [6, 6.07) is 16.6. The Morgan fingerprint density at radius 1 is 1.00 bits per heavy atom. The number of amides is 2. The SMILES string of the molecule is COc1ccc(CC(=O)NCC(=O)Nc2cccc3cccnc23)cc1. The molecule has 3 rings (SSSR count). The quantitative estimate of drug-likeness (QED) is 0.717. The van der Waals surface area contributed by atoms with Crippen LogP contribution in [0.4, 0.5) is 5.69 Å². The summed E-state index contributed by atoms with van der Waals surface area (Å²) in [4.78, 5) is 28.4. The van der Waals surface area contributed by atoms with Crippen molar-refractivity contribution in [1.29, 1.82) is 0 Å². The van der Waals surface area contributed by atoms with Gasteiger partial charge in [-0.1, -0.05) is 30.3 Å². The first-order valence-electron chi connectivity index (χ1n) is 8.19. The number of carbonyl (C=O) groups excluding carboxylic acids is 2. The Hall–Kier alpha value is -3.41. The maximum absolute atomic E-state index is 12.1. The number of ether oxygens (including phenoxy) is 1. The number of hydrogen-bond donors (Lipinski definition) is 2. The van der Waals surface area contributed by atoms with Gasteiger partial charge in [-0.15, -0.1) is 0 Å². The number of nitrogens with one attached hydrogen (secondary N) is 2. The lowest BCUT2D eigenvalue weighted by molar-refractivity contribution is -0.123. The lowest BCUT2D eigenvalue weighted by Crippen LogP contribution is -2.33. The average Bonchev–Trinajstić information content (AvgIpc) is 2.67. The highest BCUT2D eigenvalue weighted by molar-refractivity contribution is 6.01. The highest BCUT2D eigenvalue weighted by atomic mass is 16.5. The van der Waals surface area contributed by atoms with E-state index in [1.54, 1.807) is 31.5 Å². The molecule has 0 radical (unpaired) electrons. The van der Waals surface area contributed by atoms with Crippen molar-refractivity contribution in [2.24, 2.45) is 0 Å². The molecule has 2 amide bonds. The molecular weight excluding hydrogens is 330 g/mol. The van der Waals surface area contributed by atoms with Gasteiger partial charge in [-0.25, -0.2) is 0 Å². The summed E-state index contributed by atoms with van der Waals surface area (Å²) in [7, 11) is 1.59. The topological polar surface area (TPSA) is 80.3 Å². The van der Waals surface area contributed by atoms with Gasteiger partial charge in [-0.3, -0.25) is 14.6 Å². The summed E-state index contributed by atoms with van der Waals surface area (Å²) in [5.74, 6) is 0.213. The van der Waals surface area contributed by atoms with Gasteiger partial charge in [0, 0.05) is 11.6 Å². The van der Waals surface area contributed by atoms with E-state index in [1.165, 1.54) is 0 Å². The van der Waals surface area contributed by atoms with Gasteiger partial charge in [0.15, 0.2) is 0 Å². The molecule has 0 fully saturated rings. The second kappa shape index (κ2) is 8.11. The number of carbonyl (C=O) groups is 2. The maximum Gasteiger partial charge on any atom is 0.243 e. The zero-order valence-corrected chi connectivity index (χ0v) is 14.4. The van der Waals surface area contributed by atoms with E-state index < -0.39 is 0 Å². The van der Waals surface area contributed by atoms with E-state index in [-0.39, 0.29) is 24.8 Å². The largest absolute Gasteiger partial charge is 0.497 e. The molecule has 0 saturated carbocycles. The first kappa shape index (κ1) is 17.4. The summed E-state index contributed by atoms with van der Waals surface area (Å²) < 4.78 is 5.08. The highest BCUT2D eigenvalue weighted by Crippen LogP contribution is 2.20. The van der Waals surface area contributed by atoms with E-state index in [1.807, 2.05) is 36.4 Å². The molecule has 1 aromatic heterocycles. The van der Waals surface area contributed by atoms with Gasteiger partial charge < -0.3 is 15.4 Å². The first-order valence-corrected chi connectivity index (χ1v) is 8.19. The van der Waals surface area contributed by atoms with Crippen molar-refractivity contribution in [2.75, 3.05) is 19.0 Å². The molecule has 0 atom stereocenters. The van der Waals surface area contributed by atoms with Gasteiger partial charge in [0.05, 0.1) is 31.3 Å². The number of benzene rings is 2. The molecule has 6 heteroatoms. The fraction of sp³-hybridized carbons (Fsp3) is 0.150. The van der Waals surface area contributed by atoms with Crippen molar-refractivity contribution < 1.29 is 14.3 Å². The molecule has 0 aliphatic rings. The summed E-state index contributed by atoms with van der Waals surface area (Å²) in [5.41, 5.74) is 2.19. The molecular formula is C20H19N3O3. The Bertz CT molecular complexity index is 918. The molecule has 0 bridgehead atoms. The number of aromatic nitrogens is 1. The standard InChI is InChI=1S/C20H19N3O3/c1-26-16-9-7-14(8-10-16)12-18(24)22-13-19(25)23-17-6-2-4-15-5-3-11-21-20(15)17/h2-11H,12-13H2,1H3,(H,22,24)(H,23,25). The number of para-hydroxylation sites is 1. The van der Waals surface area contributed by atoms with E-state index in [0.717, 1.165) is 16.7 Å². The zero-order valence-electron chi connectivity index (χ0n) is 14.4. The van der Waals surface area contributed by atoms with Crippen molar-refractivity contribution in [3.05, 3.63) is 66.4 Å². The molecule has 132 valence electrons. The number of anilines is 1. The molecule has 3 aromatic rings. The Kier molecular flexibility index (Phi) is 5.43. The second-order valence-corrected chi connectivity index (χ2v) is 5.73. The van der Waals surface area contributed by atoms with Crippen LogP contribution in [0.15, 0.2) is 60.8 Å². The van der Waals surface area contributed by atoms with Crippen molar-refractivity contribution in [3.8, 4) is 5.75 Å². The van der Waals surface area contributed by atoms with Crippen LogP contribution in [0.5, 0.6) is 5.75 Å². The van der Waals surface area contributed by atoms with Crippen LogP contribution in [0, 0.1) is 0 Å². The van der Waals surface area contributed by atoms with Crippen LogP contribution in [-0.4, -0.2) is 30.5 Å². The van der Waals surface area contributed by atoms with Gasteiger partial charge in [0.25, 0.3) is 0 Å². The predicted octanol–water partition coefficient (Wildman–Crippen LogP) is 2.54. The molecule has 0 saturated heterocycles. The molecule has 1 heterocycles. The van der Waals surface area contributed by atoms with Crippen molar-refractivity contribution in [3.63, 3.8) is 0 Å². The fourth-order valence-electron chi connectivity index (χ4n) is 2.57. The van der Waals surface area contributed by atoms with Crippen LogP contribution in [0.25, 0.3) is 10.9 Å². The summed E-state index contributed by atoms with van der Waals surface area (Å²) in [5, 5.41) is 6.35. The van der Waals surface area contributed by atoms with E-state index in [0.29, 0.717) is 11.2 Å². The normalized spacial score (nSPS) is 10.3. The van der Waals surface area contributed by atoms with Crippen molar-refractivity contribution >= 4 is 28.4 Å². The molecule has 0 spiro atoms. The molecule has 0 unspecified atom stereocenters. The van der Waals surface area contributed by atoms with E-state index >= 15 is 0 Å². The molecule has 0 aliphatic carbocycles. The Morgan fingerprint density at radius 2 is 1.77 bits per heavy atom. The monoisotopic (exact) mass is 349 g/mol. The van der Waals surface area contributed by atoms with Crippen molar-refractivity contribution in [2.45, 2.75) is 6.42 Å². The molecule has 0 aliphatic heterocycles. The fourth-order valence-corrected chi connectivity index (χ4v) is 2.57. The minimum Gasteiger partial charge on any atom is -0.497 e.